The number of methoxy groups -OCH3 is 1. The molecule has 0 amide bonds. The van der Waals surface area contributed by atoms with Crippen LogP contribution in [0.5, 0.6) is 0 Å². The van der Waals surface area contributed by atoms with Gasteiger partial charge in [0.1, 0.15) is 0 Å². The van der Waals surface area contributed by atoms with Crippen LogP contribution < -0.4 is 5.73 Å². The molecule has 1 aromatic rings. The molecule has 0 bridgehead atoms. The zero-order valence-corrected chi connectivity index (χ0v) is 10.9. The molecule has 0 saturated heterocycles. The van der Waals surface area contributed by atoms with E-state index >= 15 is 0 Å². The molecule has 1 aromatic carbocycles. The van der Waals surface area contributed by atoms with Crippen LogP contribution >= 0.6 is 11.6 Å². The summed E-state index contributed by atoms with van der Waals surface area (Å²) in [6, 6.07) is 6.60. The molecule has 0 atom stereocenters. The molecule has 0 aliphatic heterocycles. The van der Waals surface area contributed by atoms with Gasteiger partial charge in [0.25, 0.3) is 0 Å². The maximum Gasteiger partial charge on any atom is 0.0638 e. The van der Waals surface area contributed by atoms with Crippen LogP contribution in [0.2, 0.25) is 5.02 Å². The lowest BCUT2D eigenvalue weighted by Crippen LogP contribution is -2.29. The Bertz CT molecular complexity index is 380. The van der Waals surface area contributed by atoms with Crippen molar-refractivity contribution in [2.75, 3.05) is 26.0 Å². The molecule has 94 valence electrons. The Hall–Kier alpha value is -0.770. The quantitative estimate of drug-likeness (QED) is 0.793. The molecule has 0 spiro atoms. The molecule has 2 rings (SSSR count). The number of ether oxygens (including phenoxy) is 1. The number of anilines is 1. The average Bonchev–Trinajstić information content (AvgIpc) is 3.13. The summed E-state index contributed by atoms with van der Waals surface area (Å²) >= 11 is 6.03. The van der Waals surface area contributed by atoms with Gasteiger partial charge in [-0.25, -0.2) is 0 Å². The first-order chi connectivity index (χ1) is 8.20. The third-order valence-corrected chi connectivity index (χ3v) is 3.42. The minimum absolute atomic E-state index is 0.644. The van der Waals surface area contributed by atoms with Crippen LogP contribution in [0.4, 0.5) is 5.69 Å². The van der Waals surface area contributed by atoms with Gasteiger partial charge >= 0.3 is 0 Å². The van der Waals surface area contributed by atoms with Gasteiger partial charge in [0.05, 0.1) is 17.3 Å². The summed E-state index contributed by atoms with van der Waals surface area (Å²) < 4.78 is 5.14. The second kappa shape index (κ2) is 5.71. The van der Waals surface area contributed by atoms with Gasteiger partial charge in [-0.2, -0.15) is 0 Å². The van der Waals surface area contributed by atoms with Crippen LogP contribution in [0.25, 0.3) is 0 Å². The molecule has 17 heavy (non-hydrogen) atoms. The summed E-state index contributed by atoms with van der Waals surface area (Å²) in [5, 5.41) is 0.644. The van der Waals surface area contributed by atoms with Gasteiger partial charge < -0.3 is 10.5 Å². The van der Waals surface area contributed by atoms with Crippen molar-refractivity contribution in [2.24, 2.45) is 0 Å². The third-order valence-electron chi connectivity index (χ3n) is 3.10. The second-order valence-corrected chi connectivity index (χ2v) is 4.96. The van der Waals surface area contributed by atoms with Gasteiger partial charge in [0.2, 0.25) is 0 Å². The smallest absolute Gasteiger partial charge is 0.0638 e. The van der Waals surface area contributed by atoms with Crippen molar-refractivity contribution in [3.05, 3.63) is 28.8 Å². The first-order valence-corrected chi connectivity index (χ1v) is 6.35. The Morgan fingerprint density at radius 1 is 1.47 bits per heavy atom. The van der Waals surface area contributed by atoms with Crippen LogP contribution in [0.3, 0.4) is 0 Å². The standard InChI is InChI=1S/C13H19ClN2O/c1-17-7-6-16(11-3-4-11)9-10-2-5-13(15)12(14)8-10/h2,5,8,11H,3-4,6-7,9,15H2,1H3. The lowest BCUT2D eigenvalue weighted by molar-refractivity contribution is 0.139. The third kappa shape index (κ3) is 3.60. The zero-order chi connectivity index (χ0) is 12.3. The van der Waals surface area contributed by atoms with Crippen LogP contribution in [-0.2, 0) is 11.3 Å². The molecule has 3 nitrogen and oxygen atoms in total. The summed E-state index contributed by atoms with van der Waals surface area (Å²) in [5.74, 6) is 0. The molecule has 1 saturated carbocycles. The highest BCUT2D eigenvalue weighted by Gasteiger charge is 2.28. The molecule has 0 unspecified atom stereocenters. The molecule has 1 aliphatic carbocycles. The average molecular weight is 255 g/mol. The lowest BCUT2D eigenvalue weighted by atomic mass is 10.2. The Morgan fingerprint density at radius 3 is 2.82 bits per heavy atom. The van der Waals surface area contributed by atoms with Gasteiger partial charge in [-0.1, -0.05) is 17.7 Å². The van der Waals surface area contributed by atoms with E-state index in [9.17, 15) is 0 Å². The maximum absolute atomic E-state index is 6.03. The normalized spacial score (nSPS) is 15.5. The highest BCUT2D eigenvalue weighted by Crippen LogP contribution is 2.29. The van der Waals surface area contributed by atoms with Crippen molar-refractivity contribution >= 4 is 17.3 Å². The number of rotatable bonds is 6. The van der Waals surface area contributed by atoms with E-state index in [0.29, 0.717) is 10.7 Å². The summed E-state index contributed by atoms with van der Waals surface area (Å²) in [7, 11) is 1.74. The van der Waals surface area contributed by atoms with E-state index < -0.39 is 0 Å². The van der Waals surface area contributed by atoms with Crippen LogP contribution in [-0.4, -0.2) is 31.2 Å². The van der Waals surface area contributed by atoms with E-state index in [2.05, 4.69) is 4.90 Å². The first-order valence-electron chi connectivity index (χ1n) is 5.97. The Labute approximate surface area is 107 Å². The fourth-order valence-corrected chi connectivity index (χ4v) is 2.15. The van der Waals surface area contributed by atoms with Crippen molar-refractivity contribution in [3.8, 4) is 0 Å². The number of nitrogens with zero attached hydrogens (tertiary/aromatic N) is 1. The van der Waals surface area contributed by atoms with Crippen molar-refractivity contribution in [1.29, 1.82) is 0 Å². The molecular weight excluding hydrogens is 236 g/mol. The Kier molecular flexibility index (Phi) is 4.26. The number of nitrogen functional groups attached to an aromatic ring is 1. The molecule has 4 heteroatoms. The lowest BCUT2D eigenvalue weighted by Gasteiger charge is -2.21. The second-order valence-electron chi connectivity index (χ2n) is 4.55. The maximum atomic E-state index is 6.03. The van der Waals surface area contributed by atoms with Gasteiger partial charge in [-0.05, 0) is 30.5 Å². The minimum atomic E-state index is 0.644. The van der Waals surface area contributed by atoms with Crippen LogP contribution in [0.1, 0.15) is 18.4 Å². The summed E-state index contributed by atoms with van der Waals surface area (Å²) in [5.41, 5.74) is 7.57. The topological polar surface area (TPSA) is 38.5 Å². The molecule has 2 N–H and O–H groups in total. The van der Waals surface area contributed by atoms with Gasteiger partial charge in [0, 0.05) is 26.2 Å². The largest absolute Gasteiger partial charge is 0.398 e. The predicted octanol–water partition coefficient (Wildman–Crippen LogP) is 2.53. The van der Waals surface area contributed by atoms with Crippen molar-refractivity contribution in [3.63, 3.8) is 0 Å². The van der Waals surface area contributed by atoms with Crippen LogP contribution in [0.15, 0.2) is 18.2 Å². The van der Waals surface area contributed by atoms with E-state index in [1.807, 2.05) is 18.2 Å². The molecule has 1 fully saturated rings. The fourth-order valence-electron chi connectivity index (χ4n) is 1.94. The monoisotopic (exact) mass is 254 g/mol. The minimum Gasteiger partial charge on any atom is -0.398 e. The molecule has 0 aromatic heterocycles. The van der Waals surface area contributed by atoms with E-state index in [-0.39, 0.29) is 0 Å². The van der Waals surface area contributed by atoms with E-state index in [1.54, 1.807) is 7.11 Å². The predicted molar refractivity (Wildman–Crippen MR) is 71.2 cm³/mol. The number of hydrogen-bond donors (Lipinski definition) is 1. The zero-order valence-electron chi connectivity index (χ0n) is 10.2. The van der Waals surface area contributed by atoms with Crippen molar-refractivity contribution in [2.45, 2.75) is 25.4 Å². The SMILES string of the molecule is COCCN(Cc1ccc(N)c(Cl)c1)C1CC1. The highest BCUT2D eigenvalue weighted by molar-refractivity contribution is 6.33. The summed E-state index contributed by atoms with van der Waals surface area (Å²) in [6.07, 6.45) is 2.60. The molecular formula is C13H19ClN2O. The molecule has 0 radical (unpaired) electrons. The van der Waals surface area contributed by atoms with Gasteiger partial charge in [0.15, 0.2) is 0 Å². The number of nitrogens with two attached hydrogens (primary N) is 1. The molecule has 0 heterocycles. The van der Waals surface area contributed by atoms with E-state index in [1.165, 1.54) is 18.4 Å². The number of halogens is 1. The first kappa shape index (κ1) is 12.7. The van der Waals surface area contributed by atoms with E-state index in [0.717, 1.165) is 25.7 Å². The number of benzene rings is 1. The van der Waals surface area contributed by atoms with E-state index in [4.69, 9.17) is 22.1 Å². The fraction of sp³-hybridized carbons (Fsp3) is 0.538. The summed E-state index contributed by atoms with van der Waals surface area (Å²) in [6.45, 7) is 2.68. The highest BCUT2D eigenvalue weighted by atomic mass is 35.5. The van der Waals surface area contributed by atoms with Crippen LogP contribution in [0, 0.1) is 0 Å². The molecule has 1 aliphatic rings. The Balaban J connectivity index is 1.98. The van der Waals surface area contributed by atoms with Crippen molar-refractivity contribution in [1.82, 2.24) is 4.90 Å². The van der Waals surface area contributed by atoms with Gasteiger partial charge in [-0.3, -0.25) is 4.90 Å². The van der Waals surface area contributed by atoms with Crippen molar-refractivity contribution < 1.29 is 4.74 Å². The number of hydrogen-bond acceptors (Lipinski definition) is 3. The summed E-state index contributed by atoms with van der Waals surface area (Å²) in [4.78, 5) is 2.45. The van der Waals surface area contributed by atoms with Gasteiger partial charge in [-0.15, -0.1) is 0 Å². The Morgan fingerprint density at radius 2 is 2.24 bits per heavy atom.